The summed E-state index contributed by atoms with van der Waals surface area (Å²) in [5, 5.41) is 0. The Balaban J connectivity index is 1.44. The normalized spacial score (nSPS) is 14.8. The lowest BCUT2D eigenvalue weighted by Crippen LogP contribution is -2.46. The summed E-state index contributed by atoms with van der Waals surface area (Å²) in [7, 11) is -0.602. The molecule has 0 atom stereocenters. The molecular weight excluding hydrogens is 442 g/mol. The summed E-state index contributed by atoms with van der Waals surface area (Å²) in [6, 6.07) is 14.6. The minimum atomic E-state index is -3.59. The third-order valence-corrected chi connectivity index (χ3v) is 6.73. The van der Waals surface area contributed by atoms with Crippen LogP contribution in [0.2, 0.25) is 0 Å². The van der Waals surface area contributed by atoms with Gasteiger partial charge >= 0.3 is 0 Å². The number of benzene rings is 2. The lowest BCUT2D eigenvalue weighted by atomic mass is 10.0. The van der Waals surface area contributed by atoms with Gasteiger partial charge in [0, 0.05) is 38.2 Å². The van der Waals surface area contributed by atoms with E-state index in [1.807, 2.05) is 18.2 Å². The molecule has 3 rings (SSSR count). The van der Waals surface area contributed by atoms with Crippen LogP contribution < -0.4 is 14.1 Å². The molecule has 0 aromatic heterocycles. The first-order valence-electron chi connectivity index (χ1n) is 11.1. The number of ketones is 1. The van der Waals surface area contributed by atoms with E-state index in [2.05, 4.69) is 15.9 Å². The van der Waals surface area contributed by atoms with Crippen LogP contribution in [0.25, 0.3) is 0 Å². The second kappa shape index (κ2) is 11.5. The second-order valence-electron chi connectivity index (χ2n) is 8.10. The zero-order valence-corrected chi connectivity index (χ0v) is 20.4. The Bertz CT molecular complexity index is 1040. The van der Waals surface area contributed by atoms with Gasteiger partial charge in [-0.25, -0.2) is 8.42 Å². The predicted octanol–water partition coefficient (Wildman–Crippen LogP) is 3.20. The lowest BCUT2D eigenvalue weighted by Gasteiger charge is -2.36. The number of anilines is 2. The lowest BCUT2D eigenvalue weighted by molar-refractivity contribution is 0.0977. The maximum absolute atomic E-state index is 12.6. The Labute approximate surface area is 196 Å². The summed E-state index contributed by atoms with van der Waals surface area (Å²) >= 11 is 0. The van der Waals surface area contributed by atoms with Gasteiger partial charge in [-0.15, -0.1) is 4.47 Å². The Hall–Kier alpha value is -2.62. The quantitative estimate of drug-likeness (QED) is 0.281. The van der Waals surface area contributed by atoms with Crippen molar-refractivity contribution in [3.05, 3.63) is 54.1 Å². The minimum Gasteiger partial charge on any atom is -0.495 e. The largest absolute Gasteiger partial charge is 0.495 e. The maximum Gasteiger partial charge on any atom is 0.254 e. The van der Waals surface area contributed by atoms with Crippen molar-refractivity contribution in [2.75, 3.05) is 62.6 Å². The standard InChI is InChI=1S/C24H33N3O5S/c1-31-24-13-5-4-11-22(24)26-17-15-25(16-18-26)14-7-6-12-23(28)20-9-8-10-21(19-20)27(32-2)33(3,29)30/h4-5,8-11,13,19H,6-7,12,14-18H2,1-3H3. The SMILES string of the molecule is COc1ccccc1N1CCN(CCCCC(=O)c2cccc(N(OC)S(C)(=O)=O)c2)CC1. The van der Waals surface area contributed by atoms with Crippen LogP contribution in [0, 0.1) is 0 Å². The third kappa shape index (κ3) is 6.69. The first-order chi connectivity index (χ1) is 15.8. The fourth-order valence-corrected chi connectivity index (χ4v) is 4.86. The molecule has 0 spiro atoms. The summed E-state index contributed by atoms with van der Waals surface area (Å²) in [6.07, 6.45) is 3.21. The van der Waals surface area contributed by atoms with Gasteiger partial charge in [0.05, 0.1) is 31.9 Å². The van der Waals surface area contributed by atoms with Gasteiger partial charge in [-0.05, 0) is 43.7 Å². The molecule has 2 aromatic rings. The van der Waals surface area contributed by atoms with Crippen LogP contribution >= 0.6 is 0 Å². The Morgan fingerprint density at radius 1 is 1.00 bits per heavy atom. The molecule has 1 heterocycles. The number of carbonyl (C=O) groups is 1. The van der Waals surface area contributed by atoms with E-state index in [0.29, 0.717) is 17.7 Å². The first-order valence-corrected chi connectivity index (χ1v) is 13.0. The number of piperazine rings is 1. The number of hydrogen-bond donors (Lipinski definition) is 0. The number of sulfonamides is 1. The Morgan fingerprint density at radius 3 is 2.39 bits per heavy atom. The van der Waals surface area contributed by atoms with E-state index in [1.54, 1.807) is 31.4 Å². The first kappa shape index (κ1) is 25.0. The zero-order chi connectivity index (χ0) is 23.8. The van der Waals surface area contributed by atoms with Crippen molar-refractivity contribution in [3.8, 4) is 5.75 Å². The molecule has 1 aliphatic rings. The fourth-order valence-electron chi connectivity index (χ4n) is 4.09. The second-order valence-corrected chi connectivity index (χ2v) is 9.90. The van der Waals surface area contributed by atoms with Gasteiger partial charge in [-0.2, -0.15) is 0 Å². The maximum atomic E-state index is 12.6. The number of carbonyl (C=O) groups excluding carboxylic acids is 1. The van der Waals surface area contributed by atoms with Crippen LogP contribution in [0.4, 0.5) is 11.4 Å². The molecule has 0 unspecified atom stereocenters. The van der Waals surface area contributed by atoms with Gasteiger partial charge < -0.3 is 9.64 Å². The van der Waals surface area contributed by atoms with E-state index in [-0.39, 0.29) is 5.78 Å². The van der Waals surface area contributed by atoms with Gasteiger partial charge in [0.1, 0.15) is 5.75 Å². The topological polar surface area (TPSA) is 79.4 Å². The van der Waals surface area contributed by atoms with E-state index < -0.39 is 10.0 Å². The van der Waals surface area contributed by atoms with Gasteiger partial charge in [0.2, 0.25) is 0 Å². The van der Waals surface area contributed by atoms with Crippen molar-refractivity contribution >= 4 is 27.2 Å². The molecule has 1 aliphatic heterocycles. The van der Waals surface area contributed by atoms with Crippen molar-refractivity contribution in [2.24, 2.45) is 0 Å². The minimum absolute atomic E-state index is 0.00222. The van der Waals surface area contributed by atoms with Crippen LogP contribution in [0.1, 0.15) is 29.6 Å². The number of methoxy groups -OCH3 is 1. The van der Waals surface area contributed by atoms with E-state index in [1.165, 1.54) is 7.11 Å². The average Bonchev–Trinajstić information content (AvgIpc) is 2.82. The molecule has 0 N–H and O–H groups in total. The van der Waals surface area contributed by atoms with Gasteiger partial charge in [0.15, 0.2) is 5.78 Å². The number of unbranched alkanes of at least 4 members (excludes halogenated alkanes) is 1. The molecule has 180 valence electrons. The number of nitrogens with zero attached hydrogens (tertiary/aromatic N) is 3. The van der Waals surface area contributed by atoms with Crippen LogP contribution in [0.3, 0.4) is 0 Å². The van der Waals surface area contributed by atoms with Crippen LogP contribution in [-0.4, -0.2) is 72.3 Å². The molecule has 9 heteroatoms. The number of Topliss-reactive ketones (excluding diaryl/α,β-unsaturated/α-hetero) is 1. The average molecular weight is 476 g/mol. The van der Waals surface area contributed by atoms with Crippen molar-refractivity contribution in [3.63, 3.8) is 0 Å². The molecular formula is C24H33N3O5S. The summed E-state index contributed by atoms with van der Waals surface area (Å²) in [4.78, 5) is 22.4. The molecule has 8 nitrogen and oxygen atoms in total. The summed E-state index contributed by atoms with van der Waals surface area (Å²) < 4.78 is 30.0. The monoisotopic (exact) mass is 475 g/mol. The van der Waals surface area contributed by atoms with Crippen molar-refractivity contribution in [1.82, 2.24) is 4.90 Å². The molecule has 1 saturated heterocycles. The Morgan fingerprint density at radius 2 is 1.73 bits per heavy atom. The molecule has 0 bridgehead atoms. The number of para-hydroxylation sites is 2. The molecule has 0 radical (unpaired) electrons. The summed E-state index contributed by atoms with van der Waals surface area (Å²) in [5.74, 6) is 0.904. The Kier molecular flexibility index (Phi) is 8.71. The van der Waals surface area contributed by atoms with Crippen LogP contribution in [0.15, 0.2) is 48.5 Å². The molecule has 33 heavy (non-hydrogen) atoms. The summed E-state index contributed by atoms with van der Waals surface area (Å²) in [6.45, 7) is 4.81. The number of hydrogen-bond acceptors (Lipinski definition) is 7. The fraction of sp³-hybridized carbons (Fsp3) is 0.458. The van der Waals surface area contributed by atoms with Crippen LogP contribution in [-0.2, 0) is 14.9 Å². The summed E-state index contributed by atoms with van der Waals surface area (Å²) in [5.41, 5.74) is 1.94. The van der Waals surface area contributed by atoms with E-state index in [9.17, 15) is 13.2 Å². The van der Waals surface area contributed by atoms with Crippen molar-refractivity contribution in [2.45, 2.75) is 19.3 Å². The molecule has 1 fully saturated rings. The van der Waals surface area contributed by atoms with Crippen LogP contribution in [0.5, 0.6) is 5.75 Å². The highest BCUT2D eigenvalue weighted by molar-refractivity contribution is 7.91. The van der Waals surface area contributed by atoms with E-state index >= 15 is 0 Å². The highest BCUT2D eigenvalue weighted by Gasteiger charge is 2.20. The zero-order valence-electron chi connectivity index (χ0n) is 19.6. The highest BCUT2D eigenvalue weighted by Crippen LogP contribution is 2.28. The van der Waals surface area contributed by atoms with E-state index in [0.717, 1.165) is 67.7 Å². The molecule has 0 aliphatic carbocycles. The number of ether oxygens (including phenoxy) is 1. The van der Waals surface area contributed by atoms with Gasteiger partial charge in [0.25, 0.3) is 10.0 Å². The number of rotatable bonds is 11. The predicted molar refractivity (Wildman–Crippen MR) is 131 cm³/mol. The highest BCUT2D eigenvalue weighted by atomic mass is 32.2. The molecule has 2 aromatic carbocycles. The van der Waals surface area contributed by atoms with Crippen molar-refractivity contribution in [1.29, 1.82) is 0 Å². The molecule has 0 amide bonds. The smallest absolute Gasteiger partial charge is 0.254 e. The van der Waals surface area contributed by atoms with Gasteiger partial charge in [-0.3, -0.25) is 14.5 Å². The van der Waals surface area contributed by atoms with Gasteiger partial charge in [-0.1, -0.05) is 24.3 Å². The third-order valence-electron chi connectivity index (χ3n) is 5.77. The van der Waals surface area contributed by atoms with E-state index in [4.69, 9.17) is 9.57 Å². The molecule has 0 saturated carbocycles. The van der Waals surface area contributed by atoms with Crippen molar-refractivity contribution < 1.29 is 22.8 Å².